The molecule has 94 valence electrons. The summed E-state index contributed by atoms with van der Waals surface area (Å²) in [5, 5.41) is 3.06. The molecule has 0 unspecified atom stereocenters. The molecule has 0 fully saturated rings. The summed E-state index contributed by atoms with van der Waals surface area (Å²) >= 11 is 7.64. The molecule has 0 saturated carbocycles. The zero-order chi connectivity index (χ0) is 12.8. The summed E-state index contributed by atoms with van der Waals surface area (Å²) in [4.78, 5) is 14.7. The van der Waals surface area contributed by atoms with E-state index < -0.39 is 0 Å². The van der Waals surface area contributed by atoms with E-state index in [0.29, 0.717) is 5.56 Å². The van der Waals surface area contributed by atoms with E-state index in [9.17, 15) is 4.79 Å². The van der Waals surface area contributed by atoms with Crippen molar-refractivity contribution in [1.82, 2.24) is 10.2 Å². The summed E-state index contributed by atoms with van der Waals surface area (Å²) in [5.74, 6) is 0.0175. The molecule has 3 nitrogen and oxygen atoms in total. The molecule has 0 bridgehead atoms. The predicted molar refractivity (Wildman–Crippen MR) is 76.9 cm³/mol. The Morgan fingerprint density at radius 3 is 2.88 bits per heavy atom. The molecule has 0 spiro atoms. The summed E-state index contributed by atoms with van der Waals surface area (Å²) < 4.78 is 0.806. The molecular weight excluding hydrogens is 300 g/mol. The zero-order valence-corrected chi connectivity index (χ0v) is 12.5. The van der Waals surface area contributed by atoms with E-state index in [4.69, 9.17) is 0 Å². The highest BCUT2D eigenvalue weighted by atomic mass is 79.9. The Bertz CT molecular complexity index is 398. The number of hydrogen-bond acceptors (Lipinski definition) is 3. The minimum atomic E-state index is 0.0175. The quantitative estimate of drug-likeness (QED) is 0.646. The highest BCUT2D eigenvalue weighted by molar-refractivity contribution is 9.10. The number of amides is 1. The maximum atomic E-state index is 12.2. The minimum Gasteiger partial charge on any atom is -0.342 e. The lowest BCUT2D eigenvalue weighted by molar-refractivity contribution is 0.0792. The van der Waals surface area contributed by atoms with Crippen molar-refractivity contribution in [3.8, 4) is 0 Å². The lowest BCUT2D eigenvalue weighted by Gasteiger charge is -2.18. The molecule has 0 saturated heterocycles. The van der Waals surface area contributed by atoms with Gasteiger partial charge in [-0.1, -0.05) is 0 Å². The topological polar surface area (TPSA) is 32.3 Å². The van der Waals surface area contributed by atoms with Gasteiger partial charge in [-0.25, -0.2) is 0 Å². The van der Waals surface area contributed by atoms with Crippen molar-refractivity contribution in [3.05, 3.63) is 28.2 Å². The fourth-order valence-corrected chi connectivity index (χ4v) is 2.10. The fourth-order valence-electron chi connectivity index (χ4n) is 1.48. The Labute approximate surface area is 116 Å². The second kappa shape index (κ2) is 7.03. The third-order valence-electron chi connectivity index (χ3n) is 2.45. The number of hydrogen-bond donors (Lipinski definition) is 2. The van der Waals surface area contributed by atoms with Gasteiger partial charge in [-0.3, -0.25) is 4.79 Å². The first kappa shape index (κ1) is 14.5. The standard InChI is InChI=1S/C12H17BrN2OS/c1-14-6-3-7-15(2)12(16)10-8-9(17)4-5-11(10)13/h4-5,8,14,17H,3,6-7H2,1-2H3. The molecule has 0 aliphatic rings. The van der Waals surface area contributed by atoms with Gasteiger partial charge in [0.2, 0.25) is 0 Å². The zero-order valence-electron chi connectivity index (χ0n) is 10.0. The highest BCUT2D eigenvalue weighted by Gasteiger charge is 2.14. The van der Waals surface area contributed by atoms with Crippen LogP contribution >= 0.6 is 28.6 Å². The average Bonchev–Trinajstić information content (AvgIpc) is 2.31. The van der Waals surface area contributed by atoms with Gasteiger partial charge in [0.1, 0.15) is 0 Å². The third kappa shape index (κ3) is 4.33. The molecule has 1 rings (SSSR count). The maximum absolute atomic E-state index is 12.2. The molecule has 1 N–H and O–H groups in total. The van der Waals surface area contributed by atoms with Crippen LogP contribution < -0.4 is 5.32 Å². The van der Waals surface area contributed by atoms with Crippen LogP contribution in [-0.4, -0.2) is 38.0 Å². The van der Waals surface area contributed by atoms with Crippen molar-refractivity contribution in [2.75, 3.05) is 27.2 Å². The maximum Gasteiger partial charge on any atom is 0.254 e. The molecule has 1 amide bonds. The van der Waals surface area contributed by atoms with Crippen molar-refractivity contribution < 1.29 is 4.79 Å². The van der Waals surface area contributed by atoms with E-state index in [1.165, 1.54) is 0 Å². The molecule has 0 atom stereocenters. The Morgan fingerprint density at radius 2 is 2.24 bits per heavy atom. The summed E-state index contributed by atoms with van der Waals surface area (Å²) in [6.45, 7) is 1.65. The minimum absolute atomic E-state index is 0.0175. The summed E-state index contributed by atoms with van der Waals surface area (Å²) in [6, 6.07) is 5.48. The van der Waals surface area contributed by atoms with Crippen molar-refractivity contribution >= 4 is 34.5 Å². The van der Waals surface area contributed by atoms with Crippen molar-refractivity contribution in [3.63, 3.8) is 0 Å². The number of thiol groups is 1. The van der Waals surface area contributed by atoms with E-state index in [1.807, 2.05) is 26.2 Å². The van der Waals surface area contributed by atoms with E-state index in [1.54, 1.807) is 11.0 Å². The summed E-state index contributed by atoms with van der Waals surface area (Å²) in [6.07, 6.45) is 0.941. The van der Waals surface area contributed by atoms with Gasteiger partial charge in [0.25, 0.3) is 5.91 Å². The molecule has 0 aliphatic heterocycles. The van der Waals surface area contributed by atoms with Crippen molar-refractivity contribution in [2.45, 2.75) is 11.3 Å². The molecule has 0 aliphatic carbocycles. The van der Waals surface area contributed by atoms with Gasteiger partial charge in [-0.2, -0.15) is 0 Å². The number of carbonyl (C=O) groups excluding carboxylic acids is 1. The smallest absolute Gasteiger partial charge is 0.254 e. The van der Waals surface area contributed by atoms with Crippen LogP contribution in [0.3, 0.4) is 0 Å². The molecule has 1 aromatic rings. The van der Waals surface area contributed by atoms with Crippen LogP contribution in [0.25, 0.3) is 0 Å². The van der Waals surface area contributed by atoms with Gasteiger partial charge < -0.3 is 10.2 Å². The highest BCUT2D eigenvalue weighted by Crippen LogP contribution is 2.21. The predicted octanol–water partition coefficient (Wildman–Crippen LogP) is 2.42. The molecule has 0 aromatic heterocycles. The second-order valence-electron chi connectivity index (χ2n) is 3.85. The van der Waals surface area contributed by atoms with E-state index in [-0.39, 0.29) is 5.91 Å². The van der Waals surface area contributed by atoms with Gasteiger partial charge in [0, 0.05) is 23.0 Å². The Balaban J connectivity index is 2.71. The Kier molecular flexibility index (Phi) is 6.02. The van der Waals surface area contributed by atoms with Gasteiger partial charge in [-0.15, -0.1) is 12.6 Å². The van der Waals surface area contributed by atoms with Gasteiger partial charge in [0.05, 0.1) is 5.56 Å². The van der Waals surface area contributed by atoms with Crippen LogP contribution in [0.2, 0.25) is 0 Å². The molecule has 5 heteroatoms. The SMILES string of the molecule is CNCCCN(C)C(=O)c1cc(S)ccc1Br. The van der Waals surface area contributed by atoms with Crippen LogP contribution in [0.15, 0.2) is 27.6 Å². The fraction of sp³-hybridized carbons (Fsp3) is 0.417. The lowest BCUT2D eigenvalue weighted by atomic mass is 10.2. The largest absolute Gasteiger partial charge is 0.342 e. The average molecular weight is 317 g/mol. The van der Waals surface area contributed by atoms with E-state index >= 15 is 0 Å². The molecule has 0 heterocycles. The number of halogens is 1. The van der Waals surface area contributed by atoms with Gasteiger partial charge in [-0.05, 0) is 54.1 Å². The number of nitrogens with zero attached hydrogens (tertiary/aromatic N) is 1. The van der Waals surface area contributed by atoms with E-state index in [0.717, 1.165) is 28.9 Å². The second-order valence-corrected chi connectivity index (χ2v) is 5.22. The molecule has 0 radical (unpaired) electrons. The summed E-state index contributed by atoms with van der Waals surface area (Å²) in [5.41, 5.74) is 0.657. The van der Waals surface area contributed by atoms with E-state index in [2.05, 4.69) is 33.9 Å². The van der Waals surface area contributed by atoms with Crippen LogP contribution in [0.5, 0.6) is 0 Å². The van der Waals surface area contributed by atoms with Gasteiger partial charge in [0.15, 0.2) is 0 Å². The van der Waals surface area contributed by atoms with Crippen LogP contribution in [0.4, 0.5) is 0 Å². The van der Waals surface area contributed by atoms with Crippen LogP contribution in [0.1, 0.15) is 16.8 Å². The lowest BCUT2D eigenvalue weighted by Crippen LogP contribution is -2.29. The first-order chi connectivity index (χ1) is 8.06. The monoisotopic (exact) mass is 316 g/mol. The number of benzene rings is 1. The molecule has 1 aromatic carbocycles. The number of nitrogens with one attached hydrogen (secondary N) is 1. The Hall–Kier alpha value is -0.520. The third-order valence-corrected chi connectivity index (χ3v) is 3.42. The molecular formula is C12H17BrN2OS. The normalized spacial score (nSPS) is 10.4. The van der Waals surface area contributed by atoms with Crippen LogP contribution in [0, 0.1) is 0 Å². The Morgan fingerprint density at radius 1 is 1.53 bits per heavy atom. The number of rotatable bonds is 5. The van der Waals surface area contributed by atoms with Crippen LogP contribution in [-0.2, 0) is 0 Å². The van der Waals surface area contributed by atoms with Gasteiger partial charge >= 0.3 is 0 Å². The first-order valence-electron chi connectivity index (χ1n) is 5.45. The molecule has 17 heavy (non-hydrogen) atoms. The van der Waals surface area contributed by atoms with Crippen molar-refractivity contribution in [1.29, 1.82) is 0 Å². The summed E-state index contributed by atoms with van der Waals surface area (Å²) in [7, 11) is 3.72. The number of carbonyl (C=O) groups is 1. The first-order valence-corrected chi connectivity index (χ1v) is 6.69. The van der Waals surface area contributed by atoms with Crippen molar-refractivity contribution in [2.24, 2.45) is 0 Å².